The second kappa shape index (κ2) is 7.41. The fraction of sp³-hybridized carbons (Fsp3) is 0.222. The monoisotopic (exact) mass is 297 g/mol. The molecule has 22 heavy (non-hydrogen) atoms. The van der Waals surface area contributed by atoms with E-state index >= 15 is 0 Å². The number of anilines is 1. The summed E-state index contributed by atoms with van der Waals surface area (Å²) < 4.78 is 4.93. The quantitative estimate of drug-likeness (QED) is 0.674. The lowest BCUT2D eigenvalue weighted by atomic mass is 10.1. The molecule has 4 nitrogen and oxygen atoms in total. The SMILES string of the molecule is CCCc1ccc(NC(=O)c2ccc(OC(C)=O)cc2)cc1. The highest BCUT2D eigenvalue weighted by atomic mass is 16.5. The molecule has 0 bridgehead atoms. The minimum absolute atomic E-state index is 0.197. The fourth-order valence-electron chi connectivity index (χ4n) is 2.09. The molecule has 4 heteroatoms. The fourth-order valence-corrected chi connectivity index (χ4v) is 2.09. The summed E-state index contributed by atoms with van der Waals surface area (Å²) in [7, 11) is 0. The summed E-state index contributed by atoms with van der Waals surface area (Å²) in [4.78, 5) is 23.0. The summed E-state index contributed by atoms with van der Waals surface area (Å²) in [6.45, 7) is 3.47. The van der Waals surface area contributed by atoms with Crippen LogP contribution in [0.15, 0.2) is 48.5 Å². The first-order chi connectivity index (χ1) is 10.6. The van der Waals surface area contributed by atoms with Crippen LogP contribution in [0.4, 0.5) is 5.69 Å². The number of aryl methyl sites for hydroxylation is 1. The third-order valence-electron chi connectivity index (χ3n) is 3.13. The van der Waals surface area contributed by atoms with Gasteiger partial charge < -0.3 is 10.1 Å². The van der Waals surface area contributed by atoms with E-state index in [1.165, 1.54) is 12.5 Å². The highest BCUT2D eigenvalue weighted by molar-refractivity contribution is 6.04. The zero-order valence-corrected chi connectivity index (χ0v) is 12.8. The Hall–Kier alpha value is -2.62. The molecule has 0 heterocycles. The predicted octanol–water partition coefficient (Wildman–Crippen LogP) is 3.82. The number of rotatable bonds is 5. The molecule has 2 aromatic carbocycles. The Balaban J connectivity index is 2.00. The summed E-state index contributed by atoms with van der Waals surface area (Å²) >= 11 is 0. The Morgan fingerprint density at radius 1 is 1.00 bits per heavy atom. The average Bonchev–Trinajstić information content (AvgIpc) is 2.49. The van der Waals surface area contributed by atoms with Crippen molar-refractivity contribution in [2.45, 2.75) is 26.7 Å². The van der Waals surface area contributed by atoms with Crippen molar-refractivity contribution >= 4 is 17.6 Å². The van der Waals surface area contributed by atoms with Crippen LogP contribution >= 0.6 is 0 Å². The van der Waals surface area contributed by atoms with E-state index in [0.717, 1.165) is 18.5 Å². The van der Waals surface area contributed by atoms with Crippen molar-refractivity contribution < 1.29 is 14.3 Å². The van der Waals surface area contributed by atoms with E-state index in [1.54, 1.807) is 24.3 Å². The van der Waals surface area contributed by atoms with Crippen molar-refractivity contribution in [3.8, 4) is 5.75 Å². The molecule has 0 radical (unpaired) electrons. The summed E-state index contributed by atoms with van der Waals surface area (Å²) in [5.41, 5.74) is 2.52. The van der Waals surface area contributed by atoms with Crippen LogP contribution in [0.25, 0.3) is 0 Å². The van der Waals surface area contributed by atoms with Crippen LogP contribution in [0.3, 0.4) is 0 Å². The lowest BCUT2D eigenvalue weighted by Crippen LogP contribution is -2.12. The molecule has 2 aromatic rings. The lowest BCUT2D eigenvalue weighted by Gasteiger charge is -2.07. The van der Waals surface area contributed by atoms with E-state index in [0.29, 0.717) is 11.3 Å². The molecule has 0 spiro atoms. The topological polar surface area (TPSA) is 55.4 Å². The Bertz CT molecular complexity index is 645. The Morgan fingerprint density at radius 3 is 2.18 bits per heavy atom. The van der Waals surface area contributed by atoms with E-state index in [2.05, 4.69) is 12.2 Å². The zero-order chi connectivity index (χ0) is 15.9. The molecule has 1 amide bonds. The van der Waals surface area contributed by atoms with E-state index in [-0.39, 0.29) is 11.9 Å². The van der Waals surface area contributed by atoms with Crippen molar-refractivity contribution in [2.24, 2.45) is 0 Å². The number of nitrogens with one attached hydrogen (secondary N) is 1. The molecular weight excluding hydrogens is 278 g/mol. The maximum Gasteiger partial charge on any atom is 0.308 e. The van der Waals surface area contributed by atoms with Gasteiger partial charge in [-0.1, -0.05) is 25.5 Å². The van der Waals surface area contributed by atoms with Crippen molar-refractivity contribution in [3.05, 3.63) is 59.7 Å². The van der Waals surface area contributed by atoms with Gasteiger partial charge in [-0.25, -0.2) is 0 Å². The van der Waals surface area contributed by atoms with Crippen molar-refractivity contribution in [2.75, 3.05) is 5.32 Å². The van der Waals surface area contributed by atoms with Crippen LogP contribution in [0.5, 0.6) is 5.75 Å². The summed E-state index contributed by atoms with van der Waals surface area (Å²) in [5, 5.41) is 2.84. The van der Waals surface area contributed by atoms with E-state index in [1.807, 2.05) is 24.3 Å². The molecule has 0 saturated heterocycles. The lowest BCUT2D eigenvalue weighted by molar-refractivity contribution is -0.131. The number of benzene rings is 2. The van der Waals surface area contributed by atoms with Gasteiger partial charge in [0.1, 0.15) is 5.75 Å². The molecule has 0 aliphatic rings. The zero-order valence-electron chi connectivity index (χ0n) is 12.8. The van der Waals surface area contributed by atoms with E-state index < -0.39 is 0 Å². The van der Waals surface area contributed by atoms with Crippen molar-refractivity contribution in [1.82, 2.24) is 0 Å². The molecular formula is C18H19NO3. The number of ether oxygens (including phenoxy) is 1. The Kier molecular flexibility index (Phi) is 5.31. The third-order valence-corrected chi connectivity index (χ3v) is 3.13. The number of amides is 1. The average molecular weight is 297 g/mol. The largest absolute Gasteiger partial charge is 0.427 e. The van der Waals surface area contributed by atoms with Gasteiger partial charge in [0.15, 0.2) is 0 Å². The number of hydrogen-bond donors (Lipinski definition) is 1. The first-order valence-corrected chi connectivity index (χ1v) is 7.27. The standard InChI is InChI=1S/C18H19NO3/c1-3-4-14-5-9-16(10-6-14)19-18(21)15-7-11-17(12-8-15)22-13(2)20/h5-12H,3-4H2,1-2H3,(H,19,21). The van der Waals surface area contributed by atoms with Gasteiger partial charge in [-0.2, -0.15) is 0 Å². The third kappa shape index (κ3) is 4.45. The Labute approximate surface area is 130 Å². The van der Waals surface area contributed by atoms with Gasteiger partial charge in [-0.3, -0.25) is 9.59 Å². The van der Waals surface area contributed by atoms with Crippen LogP contribution in [0.1, 0.15) is 36.2 Å². The number of hydrogen-bond acceptors (Lipinski definition) is 3. The molecule has 0 aliphatic heterocycles. The molecule has 0 saturated carbocycles. The Morgan fingerprint density at radius 2 is 1.64 bits per heavy atom. The van der Waals surface area contributed by atoms with E-state index in [4.69, 9.17) is 4.74 Å². The molecule has 0 aliphatic carbocycles. The maximum atomic E-state index is 12.1. The first kappa shape index (κ1) is 15.8. The van der Waals surface area contributed by atoms with Crippen LogP contribution < -0.4 is 10.1 Å². The molecule has 0 unspecified atom stereocenters. The molecule has 0 atom stereocenters. The first-order valence-electron chi connectivity index (χ1n) is 7.27. The maximum absolute atomic E-state index is 12.1. The number of esters is 1. The summed E-state index contributed by atoms with van der Waals surface area (Å²) in [5.74, 6) is -0.157. The van der Waals surface area contributed by atoms with Crippen LogP contribution in [-0.2, 0) is 11.2 Å². The smallest absolute Gasteiger partial charge is 0.308 e. The highest BCUT2D eigenvalue weighted by Crippen LogP contribution is 2.15. The minimum atomic E-state index is -0.385. The summed E-state index contributed by atoms with van der Waals surface area (Å²) in [6.07, 6.45) is 2.13. The van der Waals surface area contributed by atoms with Crippen molar-refractivity contribution in [1.29, 1.82) is 0 Å². The number of carbonyl (C=O) groups is 2. The van der Waals surface area contributed by atoms with Gasteiger partial charge in [-0.05, 0) is 48.4 Å². The van der Waals surface area contributed by atoms with Crippen LogP contribution in [-0.4, -0.2) is 11.9 Å². The molecule has 2 rings (SSSR count). The van der Waals surface area contributed by atoms with Crippen molar-refractivity contribution in [3.63, 3.8) is 0 Å². The highest BCUT2D eigenvalue weighted by Gasteiger charge is 2.07. The molecule has 0 fully saturated rings. The van der Waals surface area contributed by atoms with Gasteiger partial charge in [0.05, 0.1) is 0 Å². The predicted molar refractivity (Wildman–Crippen MR) is 86.1 cm³/mol. The number of carbonyl (C=O) groups excluding carboxylic acids is 2. The molecule has 1 N–H and O–H groups in total. The second-order valence-electron chi connectivity index (χ2n) is 5.02. The molecule has 114 valence electrons. The van der Waals surface area contributed by atoms with E-state index in [9.17, 15) is 9.59 Å². The van der Waals surface area contributed by atoms with Crippen LogP contribution in [0.2, 0.25) is 0 Å². The van der Waals surface area contributed by atoms with Gasteiger partial charge in [-0.15, -0.1) is 0 Å². The van der Waals surface area contributed by atoms with Gasteiger partial charge in [0.2, 0.25) is 0 Å². The normalized spacial score (nSPS) is 10.1. The van der Waals surface area contributed by atoms with Crippen LogP contribution in [0, 0.1) is 0 Å². The van der Waals surface area contributed by atoms with Gasteiger partial charge >= 0.3 is 5.97 Å². The minimum Gasteiger partial charge on any atom is -0.427 e. The molecule has 0 aromatic heterocycles. The second-order valence-corrected chi connectivity index (χ2v) is 5.02. The van der Waals surface area contributed by atoms with Gasteiger partial charge in [0, 0.05) is 18.2 Å². The summed E-state index contributed by atoms with van der Waals surface area (Å²) in [6, 6.07) is 14.3. The van der Waals surface area contributed by atoms with Gasteiger partial charge in [0.25, 0.3) is 5.91 Å².